The summed E-state index contributed by atoms with van der Waals surface area (Å²) < 4.78 is 7.58. The van der Waals surface area contributed by atoms with Crippen molar-refractivity contribution in [3.05, 3.63) is 12.3 Å². The Morgan fingerprint density at radius 2 is 2.33 bits per heavy atom. The van der Waals surface area contributed by atoms with Gasteiger partial charge < -0.3 is 9.30 Å². The molecule has 12 heavy (non-hydrogen) atoms. The standard InChI is InChI=1S/C9H13NOS/c1-11-8-5-6-10(7-3-4-7)9(8)12-2/h5-7H,3-4H2,1-2H3. The maximum atomic E-state index is 5.25. The molecule has 2 nitrogen and oxygen atoms in total. The summed E-state index contributed by atoms with van der Waals surface area (Å²) in [7, 11) is 1.73. The van der Waals surface area contributed by atoms with E-state index in [-0.39, 0.29) is 0 Å². The molecule has 0 aromatic carbocycles. The van der Waals surface area contributed by atoms with Crippen LogP contribution in [0.4, 0.5) is 0 Å². The maximum Gasteiger partial charge on any atom is 0.150 e. The number of hydrogen-bond donors (Lipinski definition) is 0. The van der Waals surface area contributed by atoms with E-state index < -0.39 is 0 Å². The van der Waals surface area contributed by atoms with Gasteiger partial charge in [-0.1, -0.05) is 0 Å². The fourth-order valence-electron chi connectivity index (χ4n) is 1.42. The van der Waals surface area contributed by atoms with E-state index in [2.05, 4.69) is 17.0 Å². The van der Waals surface area contributed by atoms with Crippen LogP contribution in [0.1, 0.15) is 18.9 Å². The van der Waals surface area contributed by atoms with Gasteiger partial charge in [0.05, 0.1) is 7.11 Å². The first-order valence-corrected chi connectivity index (χ1v) is 5.38. The summed E-state index contributed by atoms with van der Waals surface area (Å²) in [4.78, 5) is 0. The van der Waals surface area contributed by atoms with E-state index in [0.717, 1.165) is 11.8 Å². The molecule has 0 unspecified atom stereocenters. The Morgan fingerprint density at radius 1 is 1.58 bits per heavy atom. The highest BCUT2D eigenvalue weighted by molar-refractivity contribution is 7.98. The van der Waals surface area contributed by atoms with Gasteiger partial charge >= 0.3 is 0 Å². The molecule has 1 aromatic rings. The summed E-state index contributed by atoms with van der Waals surface area (Å²) in [6, 6.07) is 2.79. The third-order valence-corrected chi connectivity index (χ3v) is 2.98. The van der Waals surface area contributed by atoms with Gasteiger partial charge in [0.2, 0.25) is 0 Å². The SMILES string of the molecule is COc1ccn(C2CC2)c1SC. The number of hydrogen-bond acceptors (Lipinski definition) is 2. The van der Waals surface area contributed by atoms with Crippen LogP contribution in [0.3, 0.4) is 0 Å². The smallest absolute Gasteiger partial charge is 0.150 e. The van der Waals surface area contributed by atoms with Gasteiger partial charge in [0.1, 0.15) is 5.03 Å². The number of ether oxygens (including phenoxy) is 1. The average molecular weight is 183 g/mol. The quantitative estimate of drug-likeness (QED) is 0.669. The lowest BCUT2D eigenvalue weighted by Crippen LogP contribution is -1.93. The molecule has 2 rings (SSSR count). The second-order valence-corrected chi connectivity index (χ2v) is 3.83. The van der Waals surface area contributed by atoms with Gasteiger partial charge in [0, 0.05) is 12.2 Å². The van der Waals surface area contributed by atoms with Crippen molar-refractivity contribution in [3.63, 3.8) is 0 Å². The highest BCUT2D eigenvalue weighted by Crippen LogP contribution is 2.41. The molecule has 1 saturated carbocycles. The summed E-state index contributed by atoms with van der Waals surface area (Å²) in [6.45, 7) is 0. The van der Waals surface area contributed by atoms with Crippen LogP contribution >= 0.6 is 11.8 Å². The molecule has 66 valence electrons. The van der Waals surface area contributed by atoms with Crippen molar-refractivity contribution in [1.29, 1.82) is 0 Å². The van der Waals surface area contributed by atoms with E-state index in [1.807, 2.05) is 6.07 Å². The fraction of sp³-hybridized carbons (Fsp3) is 0.556. The molecule has 0 saturated heterocycles. The van der Waals surface area contributed by atoms with Gasteiger partial charge in [0.15, 0.2) is 5.75 Å². The zero-order chi connectivity index (χ0) is 8.55. The number of rotatable bonds is 3. The van der Waals surface area contributed by atoms with Crippen LogP contribution < -0.4 is 4.74 Å². The largest absolute Gasteiger partial charge is 0.494 e. The van der Waals surface area contributed by atoms with Crippen molar-refractivity contribution < 1.29 is 4.74 Å². The zero-order valence-corrected chi connectivity index (χ0v) is 8.23. The first-order valence-electron chi connectivity index (χ1n) is 4.15. The molecule has 0 aliphatic heterocycles. The molecule has 0 radical (unpaired) electrons. The van der Waals surface area contributed by atoms with Crippen LogP contribution in [0.2, 0.25) is 0 Å². The van der Waals surface area contributed by atoms with Gasteiger partial charge in [-0.15, -0.1) is 11.8 Å². The summed E-state index contributed by atoms with van der Waals surface area (Å²) in [5.41, 5.74) is 0. The Kier molecular flexibility index (Phi) is 2.05. The zero-order valence-electron chi connectivity index (χ0n) is 7.41. The molecule has 1 aromatic heterocycles. The molecule has 3 heteroatoms. The molecule has 0 spiro atoms. The molecule has 0 atom stereocenters. The lowest BCUT2D eigenvalue weighted by atomic mass is 10.6. The van der Waals surface area contributed by atoms with Gasteiger partial charge in [-0.25, -0.2) is 0 Å². The van der Waals surface area contributed by atoms with Crippen LogP contribution in [0, 0.1) is 0 Å². The van der Waals surface area contributed by atoms with Crippen molar-refractivity contribution in [2.45, 2.75) is 23.9 Å². The summed E-state index contributed by atoms with van der Waals surface area (Å²) in [5.74, 6) is 1.01. The van der Waals surface area contributed by atoms with Crippen LogP contribution in [0.25, 0.3) is 0 Å². The normalized spacial score (nSPS) is 16.5. The van der Waals surface area contributed by atoms with E-state index >= 15 is 0 Å². The molecule has 0 N–H and O–H groups in total. The molecule has 1 aliphatic rings. The highest BCUT2D eigenvalue weighted by atomic mass is 32.2. The molecule has 1 aliphatic carbocycles. The maximum absolute atomic E-state index is 5.25. The second kappa shape index (κ2) is 3.05. The van der Waals surface area contributed by atoms with Crippen molar-refractivity contribution in [3.8, 4) is 5.75 Å². The number of thioether (sulfide) groups is 1. The van der Waals surface area contributed by atoms with E-state index in [1.165, 1.54) is 17.9 Å². The molecule has 1 fully saturated rings. The second-order valence-electron chi connectivity index (χ2n) is 3.03. The summed E-state index contributed by atoms with van der Waals surface area (Å²) in [6.07, 6.45) is 6.87. The van der Waals surface area contributed by atoms with Crippen molar-refractivity contribution in [2.75, 3.05) is 13.4 Å². The summed E-state index contributed by atoms with van der Waals surface area (Å²) >= 11 is 1.76. The van der Waals surface area contributed by atoms with Crippen molar-refractivity contribution in [2.24, 2.45) is 0 Å². The Hall–Kier alpha value is -0.570. The van der Waals surface area contributed by atoms with E-state index in [4.69, 9.17) is 4.74 Å². The van der Waals surface area contributed by atoms with E-state index in [1.54, 1.807) is 18.9 Å². The van der Waals surface area contributed by atoms with Crippen LogP contribution in [-0.2, 0) is 0 Å². The van der Waals surface area contributed by atoms with E-state index in [9.17, 15) is 0 Å². The monoisotopic (exact) mass is 183 g/mol. The Balaban J connectivity index is 2.33. The molecule has 1 heterocycles. The minimum absolute atomic E-state index is 0.747. The van der Waals surface area contributed by atoms with Gasteiger partial charge in [-0.3, -0.25) is 0 Å². The number of methoxy groups -OCH3 is 1. The molecule has 0 bridgehead atoms. The van der Waals surface area contributed by atoms with Crippen LogP contribution in [0.5, 0.6) is 5.75 Å². The van der Waals surface area contributed by atoms with Gasteiger partial charge in [0.25, 0.3) is 0 Å². The average Bonchev–Trinajstić information content (AvgIpc) is 2.85. The van der Waals surface area contributed by atoms with Crippen molar-refractivity contribution in [1.82, 2.24) is 4.57 Å². The van der Waals surface area contributed by atoms with Gasteiger partial charge in [-0.2, -0.15) is 0 Å². The van der Waals surface area contributed by atoms with Crippen LogP contribution in [-0.4, -0.2) is 17.9 Å². The lowest BCUT2D eigenvalue weighted by Gasteiger charge is -2.06. The predicted octanol–water partition coefficient (Wildman–Crippen LogP) is 2.55. The molecular weight excluding hydrogens is 170 g/mol. The number of nitrogens with zero attached hydrogens (tertiary/aromatic N) is 1. The van der Waals surface area contributed by atoms with E-state index in [0.29, 0.717) is 0 Å². The van der Waals surface area contributed by atoms with Crippen LogP contribution in [0.15, 0.2) is 17.3 Å². The van der Waals surface area contributed by atoms with Gasteiger partial charge in [-0.05, 0) is 25.2 Å². The first kappa shape index (κ1) is 8.05. The topological polar surface area (TPSA) is 14.2 Å². The fourth-order valence-corrected chi connectivity index (χ4v) is 2.19. The molecule has 0 amide bonds. The Morgan fingerprint density at radius 3 is 2.83 bits per heavy atom. The Labute approximate surface area is 76.9 Å². The minimum atomic E-state index is 0.747. The molecular formula is C9H13NOS. The number of aromatic nitrogens is 1. The third kappa shape index (κ3) is 1.22. The first-order chi connectivity index (χ1) is 5.86. The third-order valence-electron chi connectivity index (χ3n) is 2.19. The minimum Gasteiger partial charge on any atom is -0.494 e. The highest BCUT2D eigenvalue weighted by Gasteiger charge is 2.26. The van der Waals surface area contributed by atoms with Crippen molar-refractivity contribution >= 4 is 11.8 Å². The summed E-state index contributed by atoms with van der Waals surface area (Å²) in [5, 5.41) is 1.26. The Bertz CT molecular complexity index is 278. The predicted molar refractivity (Wildman–Crippen MR) is 51.0 cm³/mol. The lowest BCUT2D eigenvalue weighted by molar-refractivity contribution is 0.400.